The Morgan fingerprint density at radius 3 is 2.48 bits per heavy atom. The number of carbonyl (C=O) groups is 2. The molecule has 1 N–H and O–H groups in total. The summed E-state index contributed by atoms with van der Waals surface area (Å²) in [4.78, 5) is 31.5. The van der Waals surface area contributed by atoms with Gasteiger partial charge in [0.15, 0.2) is 0 Å². The van der Waals surface area contributed by atoms with Crippen LogP contribution in [0.1, 0.15) is 51.7 Å². The summed E-state index contributed by atoms with van der Waals surface area (Å²) in [5.74, 6) is 0.0460. The van der Waals surface area contributed by atoms with Gasteiger partial charge in [0.2, 0.25) is 5.91 Å². The highest BCUT2D eigenvalue weighted by Crippen LogP contribution is 2.35. The Hall–Kier alpha value is -2.96. The van der Waals surface area contributed by atoms with Crippen molar-refractivity contribution in [2.24, 2.45) is 0 Å². The zero-order valence-corrected chi connectivity index (χ0v) is 19.5. The minimum atomic E-state index is -0.233. The lowest BCUT2D eigenvalue weighted by molar-refractivity contribution is -0.123. The maximum atomic E-state index is 13.1. The molecule has 1 aromatic heterocycles. The van der Waals surface area contributed by atoms with Gasteiger partial charge >= 0.3 is 0 Å². The van der Waals surface area contributed by atoms with Crippen molar-refractivity contribution in [1.82, 2.24) is 15.1 Å². The summed E-state index contributed by atoms with van der Waals surface area (Å²) < 4.78 is 0. The van der Waals surface area contributed by atoms with Crippen LogP contribution in [0.5, 0.6) is 0 Å². The van der Waals surface area contributed by atoms with Crippen LogP contribution in [-0.2, 0) is 17.9 Å². The van der Waals surface area contributed by atoms with Gasteiger partial charge in [0, 0.05) is 42.7 Å². The lowest BCUT2D eigenvalue weighted by Gasteiger charge is -2.33. The van der Waals surface area contributed by atoms with E-state index >= 15 is 0 Å². The lowest BCUT2D eigenvalue weighted by Crippen LogP contribution is -2.45. The number of likely N-dealkylation sites (tertiary alicyclic amines) is 1. The van der Waals surface area contributed by atoms with Crippen LogP contribution in [-0.4, -0.2) is 40.7 Å². The highest BCUT2D eigenvalue weighted by molar-refractivity contribution is 7.10. The van der Waals surface area contributed by atoms with Crippen molar-refractivity contribution in [3.63, 3.8) is 0 Å². The number of fused-ring (bicyclic) bond motifs is 1. The first-order valence-corrected chi connectivity index (χ1v) is 12.5. The molecule has 2 aliphatic rings. The van der Waals surface area contributed by atoms with Gasteiger partial charge in [0.25, 0.3) is 5.91 Å². The molecular formula is C27H29N3O2S. The van der Waals surface area contributed by atoms with Gasteiger partial charge in [-0.15, -0.1) is 11.3 Å². The summed E-state index contributed by atoms with van der Waals surface area (Å²) >= 11 is 1.61. The smallest absolute Gasteiger partial charge is 0.255 e. The molecule has 2 aromatic carbocycles. The number of carbonyl (C=O) groups excluding carboxylic acids is 2. The molecule has 0 aliphatic carbocycles. The van der Waals surface area contributed by atoms with E-state index < -0.39 is 0 Å². The number of thiophene rings is 1. The molecule has 3 heterocycles. The summed E-state index contributed by atoms with van der Waals surface area (Å²) in [7, 11) is 0. The van der Waals surface area contributed by atoms with Crippen molar-refractivity contribution >= 4 is 23.2 Å². The number of rotatable bonds is 7. The second kappa shape index (κ2) is 9.89. The van der Waals surface area contributed by atoms with Crippen LogP contribution in [0.25, 0.3) is 0 Å². The summed E-state index contributed by atoms with van der Waals surface area (Å²) in [6.45, 7) is 3.48. The van der Waals surface area contributed by atoms with Crippen molar-refractivity contribution in [1.29, 1.82) is 0 Å². The molecule has 1 saturated heterocycles. The van der Waals surface area contributed by atoms with Gasteiger partial charge < -0.3 is 10.2 Å². The van der Waals surface area contributed by atoms with Crippen LogP contribution < -0.4 is 5.32 Å². The average molecular weight is 460 g/mol. The standard InChI is InChI=1S/C27H29N3O2S/c31-26(28-22-12-14-29(15-13-22)18-20-7-2-1-3-8-20)17-24(25-11-6-16-33-25)30-19-21-9-4-5-10-23(21)27(30)32/h1-11,16,22,24H,12-15,17-19H2,(H,28,31)/t24-/m1/s1. The number of piperidine rings is 1. The van der Waals surface area contributed by atoms with Crippen molar-refractivity contribution in [2.45, 2.75) is 44.4 Å². The van der Waals surface area contributed by atoms with E-state index in [9.17, 15) is 9.59 Å². The highest BCUT2D eigenvalue weighted by atomic mass is 32.1. The van der Waals surface area contributed by atoms with E-state index in [4.69, 9.17) is 0 Å². The topological polar surface area (TPSA) is 52.7 Å². The van der Waals surface area contributed by atoms with Gasteiger partial charge in [-0.25, -0.2) is 0 Å². The molecule has 6 heteroatoms. The van der Waals surface area contributed by atoms with E-state index in [1.807, 2.05) is 52.7 Å². The fourth-order valence-corrected chi connectivity index (χ4v) is 5.75. The molecule has 33 heavy (non-hydrogen) atoms. The third-order valence-electron chi connectivity index (χ3n) is 6.68. The number of benzene rings is 2. The molecule has 1 fully saturated rings. The maximum absolute atomic E-state index is 13.1. The fourth-order valence-electron chi connectivity index (χ4n) is 4.91. The molecule has 5 nitrogen and oxygen atoms in total. The first kappa shape index (κ1) is 21.9. The van der Waals surface area contributed by atoms with Gasteiger partial charge in [-0.05, 0) is 41.5 Å². The van der Waals surface area contributed by atoms with Crippen LogP contribution in [0.3, 0.4) is 0 Å². The van der Waals surface area contributed by atoms with Crippen molar-refractivity contribution in [3.05, 3.63) is 93.7 Å². The molecule has 2 aliphatic heterocycles. The average Bonchev–Trinajstić information content (AvgIpc) is 3.48. The molecule has 0 spiro atoms. The molecule has 3 aromatic rings. The van der Waals surface area contributed by atoms with E-state index in [1.165, 1.54) is 5.56 Å². The van der Waals surface area contributed by atoms with Crippen LogP contribution >= 0.6 is 11.3 Å². The Kier molecular flexibility index (Phi) is 6.55. The molecule has 0 radical (unpaired) electrons. The zero-order valence-electron chi connectivity index (χ0n) is 18.7. The Bertz CT molecular complexity index is 1090. The molecule has 5 rings (SSSR count). The number of hydrogen-bond donors (Lipinski definition) is 1. The van der Waals surface area contributed by atoms with Gasteiger partial charge in [-0.3, -0.25) is 14.5 Å². The van der Waals surface area contributed by atoms with Gasteiger partial charge in [-0.2, -0.15) is 0 Å². The monoisotopic (exact) mass is 459 g/mol. The summed E-state index contributed by atoms with van der Waals surface area (Å²) in [5, 5.41) is 5.27. The normalized spacial score (nSPS) is 17.7. The molecule has 0 unspecified atom stereocenters. The Balaban J connectivity index is 1.19. The van der Waals surface area contributed by atoms with Crippen LogP contribution in [0.15, 0.2) is 72.1 Å². The summed E-state index contributed by atoms with van der Waals surface area (Å²) in [6, 6.07) is 22.3. The van der Waals surface area contributed by atoms with Crippen LogP contribution in [0, 0.1) is 0 Å². The third kappa shape index (κ3) is 5.02. The van der Waals surface area contributed by atoms with Crippen molar-refractivity contribution in [2.75, 3.05) is 13.1 Å². The second-order valence-corrected chi connectivity index (χ2v) is 9.91. The summed E-state index contributed by atoms with van der Waals surface area (Å²) in [5.41, 5.74) is 3.12. The van der Waals surface area contributed by atoms with Crippen molar-refractivity contribution in [3.8, 4) is 0 Å². The molecular weight excluding hydrogens is 430 g/mol. The van der Waals surface area contributed by atoms with E-state index in [0.29, 0.717) is 13.0 Å². The van der Waals surface area contributed by atoms with E-state index in [-0.39, 0.29) is 23.9 Å². The number of nitrogens with one attached hydrogen (secondary N) is 1. The van der Waals surface area contributed by atoms with E-state index in [2.05, 4.69) is 34.5 Å². The zero-order chi connectivity index (χ0) is 22.6. The van der Waals surface area contributed by atoms with Crippen molar-refractivity contribution < 1.29 is 9.59 Å². The van der Waals surface area contributed by atoms with Crippen LogP contribution in [0.2, 0.25) is 0 Å². The molecule has 2 amide bonds. The predicted octanol–water partition coefficient (Wildman–Crippen LogP) is 4.62. The Labute approximate surface area is 199 Å². The van der Waals surface area contributed by atoms with Gasteiger partial charge in [0.05, 0.1) is 12.5 Å². The van der Waals surface area contributed by atoms with E-state index in [0.717, 1.165) is 48.5 Å². The van der Waals surface area contributed by atoms with Gasteiger partial charge in [-0.1, -0.05) is 54.6 Å². The molecule has 1 atom stereocenters. The Morgan fingerprint density at radius 1 is 1.00 bits per heavy atom. The molecule has 0 saturated carbocycles. The predicted molar refractivity (Wildman–Crippen MR) is 131 cm³/mol. The second-order valence-electron chi connectivity index (χ2n) is 8.93. The van der Waals surface area contributed by atoms with Gasteiger partial charge in [0.1, 0.15) is 0 Å². The largest absolute Gasteiger partial charge is 0.353 e. The minimum Gasteiger partial charge on any atom is -0.353 e. The quantitative estimate of drug-likeness (QED) is 0.561. The SMILES string of the molecule is O=C(C[C@H](c1cccs1)N1Cc2ccccc2C1=O)NC1CCN(Cc2ccccc2)CC1. The maximum Gasteiger partial charge on any atom is 0.255 e. The molecule has 170 valence electrons. The fraction of sp³-hybridized carbons (Fsp3) is 0.333. The lowest BCUT2D eigenvalue weighted by atomic mass is 10.0. The summed E-state index contributed by atoms with van der Waals surface area (Å²) in [6.07, 6.45) is 2.21. The first-order chi connectivity index (χ1) is 16.2. The number of nitrogens with zero attached hydrogens (tertiary/aromatic N) is 2. The molecule has 0 bridgehead atoms. The highest BCUT2D eigenvalue weighted by Gasteiger charge is 2.35. The number of hydrogen-bond acceptors (Lipinski definition) is 4. The van der Waals surface area contributed by atoms with Crippen LogP contribution in [0.4, 0.5) is 0 Å². The first-order valence-electron chi connectivity index (χ1n) is 11.7. The Morgan fingerprint density at radius 2 is 1.76 bits per heavy atom. The minimum absolute atomic E-state index is 0.0195. The third-order valence-corrected chi connectivity index (χ3v) is 7.65. The number of amides is 2. The van der Waals surface area contributed by atoms with E-state index in [1.54, 1.807) is 11.3 Å².